The number of amides is 1. The van der Waals surface area contributed by atoms with E-state index in [1.807, 2.05) is 30.3 Å². The van der Waals surface area contributed by atoms with Crippen molar-refractivity contribution in [2.24, 2.45) is 0 Å². The Kier molecular flexibility index (Phi) is 3.82. The molecule has 0 aliphatic carbocycles. The first-order chi connectivity index (χ1) is 10.6. The molecular weight excluding hydrogens is 286 g/mol. The highest BCUT2D eigenvalue weighted by molar-refractivity contribution is 5.81. The number of hydrogen-bond donors (Lipinski definition) is 1. The first kappa shape index (κ1) is 14.2. The summed E-state index contributed by atoms with van der Waals surface area (Å²) in [5.74, 6) is -0.447. The number of furan rings is 1. The molecule has 1 aliphatic rings. The predicted molar refractivity (Wildman–Crippen MR) is 76.0 cm³/mol. The summed E-state index contributed by atoms with van der Waals surface area (Å²) in [6, 6.07) is 10.0. The molecule has 1 atom stereocenters. The molecule has 1 amide bonds. The van der Waals surface area contributed by atoms with Gasteiger partial charge in [-0.25, -0.2) is 9.59 Å². The number of carbonyl (C=O) groups excluding carboxylic acids is 1. The molecule has 0 fully saturated rings. The van der Waals surface area contributed by atoms with Crippen molar-refractivity contribution in [2.75, 3.05) is 0 Å². The number of rotatable bonds is 3. The lowest BCUT2D eigenvalue weighted by Gasteiger charge is -2.31. The summed E-state index contributed by atoms with van der Waals surface area (Å²) in [5, 5.41) is 9.33. The van der Waals surface area contributed by atoms with E-state index in [4.69, 9.17) is 9.15 Å². The maximum Gasteiger partial charge on any atom is 0.411 e. The fraction of sp³-hybridized carbons (Fsp3) is 0.250. The Labute approximate surface area is 126 Å². The molecule has 3 rings (SSSR count). The van der Waals surface area contributed by atoms with Crippen LogP contribution in [0, 0.1) is 0 Å². The van der Waals surface area contributed by atoms with Gasteiger partial charge in [0.15, 0.2) is 0 Å². The Bertz CT molecular complexity index is 679. The summed E-state index contributed by atoms with van der Waals surface area (Å²) in [4.78, 5) is 24.8. The van der Waals surface area contributed by atoms with Crippen LogP contribution in [0.2, 0.25) is 0 Å². The highest BCUT2D eigenvalue weighted by atomic mass is 16.6. The van der Waals surface area contributed by atoms with Crippen LogP contribution >= 0.6 is 0 Å². The van der Waals surface area contributed by atoms with Crippen LogP contribution in [0.5, 0.6) is 0 Å². The van der Waals surface area contributed by atoms with Gasteiger partial charge < -0.3 is 14.3 Å². The summed E-state index contributed by atoms with van der Waals surface area (Å²) in [7, 11) is 0. The van der Waals surface area contributed by atoms with Gasteiger partial charge in [0, 0.05) is 6.42 Å². The van der Waals surface area contributed by atoms with Crippen molar-refractivity contribution in [3.8, 4) is 0 Å². The van der Waals surface area contributed by atoms with Gasteiger partial charge in [-0.1, -0.05) is 30.3 Å². The molecule has 2 heterocycles. The lowest BCUT2D eigenvalue weighted by molar-refractivity contribution is -0.143. The van der Waals surface area contributed by atoms with Crippen molar-refractivity contribution in [3.05, 3.63) is 59.5 Å². The first-order valence-electron chi connectivity index (χ1n) is 6.90. The second-order valence-electron chi connectivity index (χ2n) is 5.10. The van der Waals surface area contributed by atoms with Crippen molar-refractivity contribution in [1.82, 2.24) is 4.90 Å². The van der Waals surface area contributed by atoms with E-state index in [0.29, 0.717) is 5.76 Å². The molecule has 6 heteroatoms. The van der Waals surface area contributed by atoms with Crippen molar-refractivity contribution in [1.29, 1.82) is 0 Å². The fourth-order valence-electron chi connectivity index (χ4n) is 2.49. The number of ether oxygens (including phenoxy) is 1. The van der Waals surface area contributed by atoms with Crippen molar-refractivity contribution >= 4 is 12.1 Å². The van der Waals surface area contributed by atoms with Gasteiger partial charge in [-0.2, -0.15) is 0 Å². The molecule has 6 nitrogen and oxygen atoms in total. The van der Waals surface area contributed by atoms with Gasteiger partial charge >= 0.3 is 12.1 Å². The molecule has 0 bridgehead atoms. The van der Waals surface area contributed by atoms with Crippen LogP contribution < -0.4 is 0 Å². The smallest absolute Gasteiger partial charge is 0.411 e. The summed E-state index contributed by atoms with van der Waals surface area (Å²) in [6.07, 6.45) is 1.07. The zero-order chi connectivity index (χ0) is 15.5. The number of aliphatic carboxylic acids is 1. The third kappa shape index (κ3) is 2.81. The van der Waals surface area contributed by atoms with Gasteiger partial charge in [-0.15, -0.1) is 0 Å². The molecule has 0 spiro atoms. The van der Waals surface area contributed by atoms with Crippen molar-refractivity contribution < 1.29 is 23.8 Å². The van der Waals surface area contributed by atoms with E-state index in [0.717, 1.165) is 11.1 Å². The lowest BCUT2D eigenvalue weighted by Crippen LogP contribution is -2.48. The molecule has 1 aromatic carbocycles. The second kappa shape index (κ2) is 5.93. The number of fused-ring (bicyclic) bond motifs is 1. The number of carbonyl (C=O) groups is 2. The Balaban J connectivity index is 1.71. The lowest BCUT2D eigenvalue weighted by atomic mass is 10.0. The molecule has 1 unspecified atom stereocenters. The Hall–Kier alpha value is -2.76. The van der Waals surface area contributed by atoms with Gasteiger partial charge in [0.25, 0.3) is 0 Å². The van der Waals surface area contributed by atoms with Crippen molar-refractivity contribution in [3.63, 3.8) is 0 Å². The van der Waals surface area contributed by atoms with Gasteiger partial charge in [-0.05, 0) is 17.2 Å². The molecule has 2 aromatic rings. The van der Waals surface area contributed by atoms with E-state index >= 15 is 0 Å². The first-order valence-corrected chi connectivity index (χ1v) is 6.90. The number of carboxylic acids is 1. The van der Waals surface area contributed by atoms with E-state index in [9.17, 15) is 14.7 Å². The van der Waals surface area contributed by atoms with E-state index in [1.165, 1.54) is 11.2 Å². The van der Waals surface area contributed by atoms with Gasteiger partial charge in [0.2, 0.25) is 0 Å². The molecule has 1 aliphatic heterocycles. The number of nitrogens with zero attached hydrogens (tertiary/aromatic N) is 1. The Morgan fingerprint density at radius 2 is 2.05 bits per heavy atom. The third-order valence-electron chi connectivity index (χ3n) is 3.67. The zero-order valence-corrected chi connectivity index (χ0v) is 11.8. The minimum Gasteiger partial charge on any atom is -0.480 e. The molecule has 114 valence electrons. The average molecular weight is 301 g/mol. The van der Waals surface area contributed by atoms with Gasteiger partial charge in [0.1, 0.15) is 18.4 Å². The van der Waals surface area contributed by atoms with E-state index in [-0.39, 0.29) is 19.6 Å². The Morgan fingerprint density at radius 1 is 1.27 bits per heavy atom. The van der Waals surface area contributed by atoms with Gasteiger partial charge in [-0.3, -0.25) is 4.90 Å². The van der Waals surface area contributed by atoms with Crippen LogP contribution in [0.15, 0.2) is 47.1 Å². The molecule has 22 heavy (non-hydrogen) atoms. The number of carboxylic acid groups (broad SMARTS) is 1. The van der Waals surface area contributed by atoms with Crippen LogP contribution in [0.1, 0.15) is 16.9 Å². The van der Waals surface area contributed by atoms with Crippen molar-refractivity contribution in [2.45, 2.75) is 25.6 Å². The SMILES string of the molecule is O=C(O)C1Cc2ccoc2CN1C(=O)OCc1ccccc1. The standard InChI is InChI=1S/C16H15NO5/c18-15(19)13-8-12-6-7-21-14(12)9-17(13)16(20)22-10-11-4-2-1-3-5-11/h1-7,13H,8-10H2,(H,18,19). The minimum atomic E-state index is -1.05. The van der Waals surface area contributed by atoms with Gasteiger partial charge in [0.05, 0.1) is 12.8 Å². The predicted octanol–water partition coefficient (Wildman–Crippen LogP) is 2.43. The normalized spacial score (nSPS) is 16.9. The fourth-order valence-corrected chi connectivity index (χ4v) is 2.49. The van der Waals surface area contributed by atoms with E-state index in [2.05, 4.69) is 0 Å². The topological polar surface area (TPSA) is 80.0 Å². The number of hydrogen-bond acceptors (Lipinski definition) is 4. The second-order valence-corrected chi connectivity index (χ2v) is 5.10. The molecule has 0 saturated carbocycles. The highest BCUT2D eigenvalue weighted by Gasteiger charge is 2.37. The third-order valence-corrected chi connectivity index (χ3v) is 3.67. The quantitative estimate of drug-likeness (QED) is 0.941. The van der Waals surface area contributed by atoms with Crippen LogP contribution in [0.4, 0.5) is 4.79 Å². The summed E-state index contributed by atoms with van der Waals surface area (Å²) in [5.41, 5.74) is 1.66. The monoisotopic (exact) mass is 301 g/mol. The van der Waals surface area contributed by atoms with Crippen LogP contribution in [-0.4, -0.2) is 28.1 Å². The number of benzene rings is 1. The molecule has 0 radical (unpaired) electrons. The van der Waals surface area contributed by atoms with E-state index in [1.54, 1.807) is 6.07 Å². The van der Waals surface area contributed by atoms with E-state index < -0.39 is 18.1 Å². The van der Waals surface area contributed by atoms with Crippen LogP contribution in [0.3, 0.4) is 0 Å². The largest absolute Gasteiger partial charge is 0.480 e. The molecular formula is C16H15NO5. The minimum absolute atomic E-state index is 0.104. The summed E-state index contributed by atoms with van der Waals surface area (Å²) in [6.45, 7) is 0.209. The molecule has 1 N–H and O–H groups in total. The zero-order valence-electron chi connectivity index (χ0n) is 11.8. The summed E-state index contributed by atoms with van der Waals surface area (Å²) >= 11 is 0. The van der Waals surface area contributed by atoms with Crippen LogP contribution in [0.25, 0.3) is 0 Å². The molecule has 1 aromatic heterocycles. The maximum absolute atomic E-state index is 12.2. The highest BCUT2D eigenvalue weighted by Crippen LogP contribution is 2.25. The van der Waals surface area contributed by atoms with Crippen LogP contribution in [-0.2, 0) is 29.1 Å². The maximum atomic E-state index is 12.2. The summed E-state index contributed by atoms with van der Waals surface area (Å²) < 4.78 is 10.5. The Morgan fingerprint density at radius 3 is 2.77 bits per heavy atom. The molecule has 0 saturated heterocycles. The average Bonchev–Trinajstić information content (AvgIpc) is 2.99.